The van der Waals surface area contributed by atoms with Gasteiger partial charge in [-0.05, 0) is 136 Å². The second kappa shape index (κ2) is 39.0. The fraction of sp³-hybridized carbons (Fsp3) is 0.464. The van der Waals surface area contributed by atoms with Crippen LogP contribution in [0.15, 0.2) is 91.0 Å². The predicted octanol–water partition coefficient (Wildman–Crippen LogP) is -0.618. The number of aliphatic hydroxyl groups is 3. The minimum absolute atomic E-state index is 0.0850. The number of carboxylic acids is 1. The van der Waals surface area contributed by atoms with Crippen molar-refractivity contribution in [1.29, 1.82) is 0 Å². The highest BCUT2D eigenvalue weighted by Crippen LogP contribution is 2.31. The molecule has 1 fully saturated rings. The molecule has 0 saturated carbocycles. The van der Waals surface area contributed by atoms with Gasteiger partial charge in [-0.1, -0.05) is 79.2 Å². The summed E-state index contributed by atoms with van der Waals surface area (Å²) in [5.74, 6) is -13.0. The second-order valence-corrected chi connectivity index (χ2v) is 25.3. The van der Waals surface area contributed by atoms with Gasteiger partial charge in [0.2, 0.25) is 65.0 Å². The fourth-order valence-corrected chi connectivity index (χ4v) is 11.3. The maximum absolute atomic E-state index is 15.4. The lowest BCUT2D eigenvalue weighted by atomic mass is 9.90. The number of carboxylic acid groups (broad SMARTS) is 1. The molecule has 554 valence electrons. The SMILES string of the molecule is CCc1cc(OC)ccc1-c1ccc(C[C@H](NC(=O)CNC(=O)[C@H](CO)NC(=O)[C@@H](NC(=O)[C@](C)(Cc2ccccc2F)NC(=O)[C@@H](NC(=O)CNC(=O)[C@H](CCC(=O)O)NC(=O)[C@]2(C)CCCN2C(=O)CNC(=O)OC)[C@@H](C)O)[C@@H](C)O)C(=O)N[C@@H](CCCc2ccc(Cl)cc2)C(N)=O)cc1. The summed E-state index contributed by atoms with van der Waals surface area (Å²) in [4.78, 5) is 175. The van der Waals surface area contributed by atoms with Crippen LogP contribution in [0.3, 0.4) is 0 Å². The third-order valence-electron chi connectivity index (χ3n) is 17.0. The van der Waals surface area contributed by atoms with E-state index >= 15 is 4.39 Å². The summed E-state index contributed by atoms with van der Waals surface area (Å²) in [6.07, 6.45) is -4.34. The molecule has 4 aromatic carbocycles. The van der Waals surface area contributed by atoms with Gasteiger partial charge < -0.3 is 93.7 Å². The second-order valence-electron chi connectivity index (χ2n) is 24.9. The fourth-order valence-electron chi connectivity index (χ4n) is 11.2. The number of aliphatic carboxylic acids is 1. The summed E-state index contributed by atoms with van der Waals surface area (Å²) in [5.41, 5.74) is 5.90. The molecule has 4 aromatic rings. The first kappa shape index (κ1) is 82.4. The zero-order valence-electron chi connectivity index (χ0n) is 57.6. The van der Waals surface area contributed by atoms with Crippen molar-refractivity contribution in [1.82, 2.24) is 58.1 Å². The van der Waals surface area contributed by atoms with E-state index in [-0.39, 0.29) is 31.4 Å². The number of aliphatic hydroxyl groups excluding tert-OH is 3. The molecule has 1 aliphatic heterocycles. The maximum atomic E-state index is 15.4. The summed E-state index contributed by atoms with van der Waals surface area (Å²) in [5, 5.41) is 65.6. The maximum Gasteiger partial charge on any atom is 0.407 e. The van der Waals surface area contributed by atoms with Gasteiger partial charge in [0.15, 0.2) is 0 Å². The number of hydrogen-bond acceptors (Lipinski definition) is 18. The van der Waals surface area contributed by atoms with Crippen molar-refractivity contribution in [3.8, 4) is 16.9 Å². The number of alkyl carbamates (subject to hydrolysis) is 1. The minimum Gasteiger partial charge on any atom is -0.497 e. The van der Waals surface area contributed by atoms with Crippen LogP contribution in [-0.4, -0.2) is 209 Å². The number of amides is 12. The largest absolute Gasteiger partial charge is 0.497 e. The van der Waals surface area contributed by atoms with Crippen molar-refractivity contribution < 1.29 is 96.6 Å². The van der Waals surface area contributed by atoms with E-state index in [9.17, 15) is 82.8 Å². The first-order valence-electron chi connectivity index (χ1n) is 32.8. The molecule has 10 atom stereocenters. The number of primary amides is 1. The Labute approximate surface area is 593 Å². The number of carbonyl (C=O) groups excluding carboxylic acids is 12. The molecule has 0 bridgehead atoms. The summed E-state index contributed by atoms with van der Waals surface area (Å²) in [7, 11) is 2.65. The van der Waals surface area contributed by atoms with Gasteiger partial charge in [0.1, 0.15) is 65.4 Å². The van der Waals surface area contributed by atoms with Crippen LogP contribution in [-0.2, 0) is 88.0 Å². The van der Waals surface area contributed by atoms with Crippen molar-refractivity contribution in [3.05, 3.63) is 124 Å². The smallest absolute Gasteiger partial charge is 0.407 e. The molecule has 0 aliphatic carbocycles. The van der Waals surface area contributed by atoms with Gasteiger partial charge >= 0.3 is 12.1 Å². The number of halogens is 2. The molecule has 0 radical (unpaired) electrons. The lowest BCUT2D eigenvalue weighted by molar-refractivity contribution is -0.144. The van der Waals surface area contributed by atoms with E-state index in [2.05, 4.69) is 57.9 Å². The van der Waals surface area contributed by atoms with Gasteiger partial charge in [-0.2, -0.15) is 0 Å². The van der Waals surface area contributed by atoms with Gasteiger partial charge in [0.25, 0.3) is 0 Å². The number of methoxy groups -OCH3 is 2. The van der Waals surface area contributed by atoms with Gasteiger partial charge in [0.05, 0.1) is 46.1 Å². The Kier molecular flexibility index (Phi) is 31.5. The molecule has 1 aliphatic rings. The first-order valence-corrected chi connectivity index (χ1v) is 33.2. The van der Waals surface area contributed by atoms with Crippen molar-refractivity contribution in [2.75, 3.05) is 47.0 Å². The highest BCUT2D eigenvalue weighted by atomic mass is 35.5. The van der Waals surface area contributed by atoms with Crippen molar-refractivity contribution in [3.63, 3.8) is 0 Å². The third kappa shape index (κ3) is 24.2. The zero-order chi connectivity index (χ0) is 75.6. The molecule has 5 rings (SSSR count). The number of ether oxygens (including phenoxy) is 2. The normalized spacial score (nSPS) is 16.2. The Morgan fingerprint density at radius 2 is 1.29 bits per heavy atom. The Balaban J connectivity index is 1.27. The minimum atomic E-state index is -2.36. The van der Waals surface area contributed by atoms with E-state index in [0.29, 0.717) is 42.0 Å². The van der Waals surface area contributed by atoms with Crippen molar-refractivity contribution in [2.24, 2.45) is 5.73 Å². The van der Waals surface area contributed by atoms with E-state index in [1.807, 2.05) is 49.4 Å². The number of carbonyl (C=O) groups is 13. The average Bonchev–Trinajstić information content (AvgIpc) is 1.58. The topological polar surface area (TPSA) is 471 Å². The van der Waals surface area contributed by atoms with E-state index in [1.165, 1.54) is 30.0 Å². The number of aryl methyl sites for hydroxylation is 2. The van der Waals surface area contributed by atoms with E-state index < -0.39 is 188 Å². The molecule has 102 heavy (non-hydrogen) atoms. The molecule has 33 heteroatoms. The summed E-state index contributed by atoms with van der Waals surface area (Å²) >= 11 is 6.03. The molecule has 0 unspecified atom stereocenters. The number of nitrogens with two attached hydrogens (primary N) is 1. The number of nitrogens with zero attached hydrogens (tertiary/aromatic N) is 1. The van der Waals surface area contributed by atoms with Gasteiger partial charge in [-0.3, -0.25) is 57.5 Å². The lowest BCUT2D eigenvalue weighted by Crippen LogP contribution is -2.67. The Hall–Kier alpha value is -10.3. The highest BCUT2D eigenvalue weighted by molar-refractivity contribution is 6.30. The number of likely N-dealkylation sites (tertiary alicyclic amines) is 1. The lowest BCUT2D eigenvalue weighted by Gasteiger charge is -2.35. The molecular weight excluding hydrogens is 1360 g/mol. The standard InChI is InChI=1S/C69H90ClFN12O19/c1-8-42-32-46(101-6)25-26-47(42)43-21-17-41(18-22-43)31-51(62(95)77-49(59(72)92)16-11-13-40-19-23-45(70)24-20-40)76-53(87)34-74-61(94)52(37-84)78-63(96)57(38(2)85)81-65(98)68(4,33-44-14-9-10-15-48(44)71)82-64(97)58(39(3)86)80-54(88)35-73-60(93)50(27-28-56(90)91)79-66(99)69(5)29-12-30-83(69)55(89)36-75-67(100)102-7/h9-10,14-15,17-26,32,38-39,49-52,57-58,84-86H,8,11-13,16,27-31,33-37H2,1-7H3,(H2,72,92)(H,73,93)(H,74,94)(H,75,100)(H,76,87)(H,77,95)(H,78,96)(H,79,99)(H,80,88)(H,81,98)(H,82,97)(H,90,91)/t38-,39-,49+,50+,51+,52+,57+,58+,68+,69+/m1/s1. The monoisotopic (exact) mass is 1440 g/mol. The van der Waals surface area contributed by atoms with Crippen LogP contribution < -0.4 is 63.6 Å². The molecule has 31 nitrogen and oxygen atoms in total. The summed E-state index contributed by atoms with van der Waals surface area (Å²) in [6, 6.07) is 14.8. The average molecular weight is 1450 g/mol. The van der Waals surface area contributed by atoms with Gasteiger partial charge in [0, 0.05) is 30.8 Å². The van der Waals surface area contributed by atoms with Crippen LogP contribution in [0.1, 0.15) is 95.4 Å². The van der Waals surface area contributed by atoms with Gasteiger partial charge in [-0.15, -0.1) is 0 Å². The molecule has 1 heterocycles. The van der Waals surface area contributed by atoms with Crippen LogP contribution in [0.25, 0.3) is 11.1 Å². The molecular formula is C69H90ClFN12O19. The van der Waals surface area contributed by atoms with Crippen LogP contribution in [0.5, 0.6) is 5.75 Å². The molecule has 0 aromatic heterocycles. The Morgan fingerprint density at radius 3 is 1.88 bits per heavy atom. The number of hydrogen-bond donors (Lipinski definition) is 15. The van der Waals surface area contributed by atoms with E-state index in [4.69, 9.17) is 22.1 Å². The van der Waals surface area contributed by atoms with Crippen molar-refractivity contribution >= 4 is 88.6 Å². The molecule has 1 saturated heterocycles. The Bertz CT molecular complexity index is 3660. The Morgan fingerprint density at radius 1 is 0.686 bits per heavy atom. The molecule has 16 N–H and O–H groups in total. The summed E-state index contributed by atoms with van der Waals surface area (Å²) < 4.78 is 25.3. The van der Waals surface area contributed by atoms with Crippen LogP contribution >= 0.6 is 11.6 Å². The summed E-state index contributed by atoms with van der Waals surface area (Å²) in [6.45, 7) is 3.16. The van der Waals surface area contributed by atoms with Crippen LogP contribution in [0.4, 0.5) is 9.18 Å². The third-order valence-corrected chi connectivity index (χ3v) is 17.3. The zero-order valence-corrected chi connectivity index (χ0v) is 58.3. The first-order chi connectivity index (χ1) is 48.3. The predicted molar refractivity (Wildman–Crippen MR) is 366 cm³/mol. The number of benzene rings is 4. The van der Waals surface area contributed by atoms with Crippen molar-refractivity contribution in [2.45, 2.75) is 158 Å². The van der Waals surface area contributed by atoms with Crippen LogP contribution in [0.2, 0.25) is 5.02 Å². The van der Waals surface area contributed by atoms with Gasteiger partial charge in [-0.25, -0.2) is 9.18 Å². The number of nitrogens with one attached hydrogen (secondary N) is 10. The van der Waals surface area contributed by atoms with E-state index in [0.717, 1.165) is 56.2 Å². The van der Waals surface area contributed by atoms with Crippen LogP contribution in [0, 0.1) is 5.82 Å². The highest BCUT2D eigenvalue weighted by Gasteiger charge is 2.47. The molecule has 0 spiro atoms. The quantitative estimate of drug-likeness (QED) is 0.0266. The molecule has 12 amide bonds. The number of rotatable bonds is 38. The van der Waals surface area contributed by atoms with E-state index in [1.54, 1.807) is 31.4 Å².